The number of amides is 2. The molecule has 0 bridgehead atoms. The molecule has 2 unspecified atom stereocenters. The van der Waals surface area contributed by atoms with Gasteiger partial charge in [-0.05, 0) is 23.3 Å². The van der Waals surface area contributed by atoms with Crippen molar-refractivity contribution in [2.75, 3.05) is 6.54 Å². The molecule has 0 spiro atoms. The van der Waals surface area contributed by atoms with E-state index in [1.807, 2.05) is 30.3 Å². The van der Waals surface area contributed by atoms with Crippen LogP contribution in [0.5, 0.6) is 0 Å². The lowest BCUT2D eigenvalue weighted by Crippen LogP contribution is -2.41. The van der Waals surface area contributed by atoms with Gasteiger partial charge in [-0.2, -0.15) is 0 Å². The number of benzene rings is 2. The van der Waals surface area contributed by atoms with Crippen molar-refractivity contribution in [3.8, 4) is 0 Å². The molecule has 0 radical (unpaired) electrons. The molecule has 118 valence electrons. The first kappa shape index (κ1) is 15.2. The average Bonchev–Trinajstić information content (AvgIpc) is 2.89. The third-order valence-corrected chi connectivity index (χ3v) is 3.97. The Morgan fingerprint density at radius 1 is 1.04 bits per heavy atom. The average molecular weight is 310 g/mol. The number of fused-ring (bicyclic) bond motifs is 1. The van der Waals surface area contributed by atoms with Crippen LogP contribution in [0.25, 0.3) is 0 Å². The van der Waals surface area contributed by atoms with Crippen molar-refractivity contribution in [3.63, 3.8) is 0 Å². The molecule has 2 aromatic rings. The van der Waals surface area contributed by atoms with E-state index in [-0.39, 0.29) is 18.4 Å². The fourth-order valence-corrected chi connectivity index (χ4v) is 2.82. The van der Waals surface area contributed by atoms with Crippen molar-refractivity contribution in [3.05, 3.63) is 71.3 Å². The van der Waals surface area contributed by atoms with E-state index in [1.54, 1.807) is 24.3 Å². The van der Waals surface area contributed by atoms with Crippen LogP contribution in [0.3, 0.4) is 0 Å². The van der Waals surface area contributed by atoms with Gasteiger partial charge < -0.3 is 15.7 Å². The van der Waals surface area contributed by atoms with E-state index in [9.17, 15) is 14.7 Å². The molecule has 23 heavy (non-hydrogen) atoms. The molecule has 5 heteroatoms. The van der Waals surface area contributed by atoms with Crippen LogP contribution in [0.4, 0.5) is 0 Å². The molecule has 5 nitrogen and oxygen atoms in total. The summed E-state index contributed by atoms with van der Waals surface area (Å²) in [6.45, 7) is -0.126. The fourth-order valence-electron chi connectivity index (χ4n) is 2.82. The summed E-state index contributed by atoms with van der Waals surface area (Å²) in [6, 6.07) is 15.9. The van der Waals surface area contributed by atoms with Crippen LogP contribution < -0.4 is 10.6 Å². The Morgan fingerprint density at radius 3 is 2.52 bits per heavy atom. The van der Waals surface area contributed by atoms with Gasteiger partial charge in [-0.25, -0.2) is 0 Å². The Bertz CT molecular complexity index is 715. The Hall–Kier alpha value is -2.66. The highest BCUT2D eigenvalue weighted by Gasteiger charge is 2.31. The maximum atomic E-state index is 12.1. The molecule has 3 rings (SSSR count). The van der Waals surface area contributed by atoms with Gasteiger partial charge in [0.2, 0.25) is 5.91 Å². The van der Waals surface area contributed by atoms with Gasteiger partial charge in [-0.15, -0.1) is 0 Å². The third kappa shape index (κ3) is 3.40. The molecule has 0 aliphatic heterocycles. The molecule has 2 aromatic carbocycles. The number of aliphatic hydroxyl groups is 1. The minimum Gasteiger partial charge on any atom is -0.390 e. The normalized spacial score (nSPS) is 19.0. The van der Waals surface area contributed by atoms with Gasteiger partial charge >= 0.3 is 0 Å². The van der Waals surface area contributed by atoms with Crippen molar-refractivity contribution in [2.45, 2.75) is 18.6 Å². The van der Waals surface area contributed by atoms with Crippen molar-refractivity contribution < 1.29 is 14.7 Å². The maximum absolute atomic E-state index is 12.1. The molecule has 1 aliphatic carbocycles. The van der Waals surface area contributed by atoms with Crippen molar-refractivity contribution in [2.24, 2.45) is 0 Å². The zero-order valence-electron chi connectivity index (χ0n) is 12.5. The molecular formula is C18H18N2O3. The number of nitrogens with one attached hydrogen (secondary N) is 2. The number of hydrogen-bond donors (Lipinski definition) is 3. The van der Waals surface area contributed by atoms with E-state index >= 15 is 0 Å². The highest BCUT2D eigenvalue weighted by atomic mass is 16.3. The predicted octanol–water partition coefficient (Wildman–Crippen LogP) is 1.19. The molecule has 1 aliphatic rings. The second-order valence-corrected chi connectivity index (χ2v) is 5.56. The summed E-state index contributed by atoms with van der Waals surface area (Å²) in [5, 5.41) is 15.5. The van der Waals surface area contributed by atoms with Crippen LogP contribution in [0.2, 0.25) is 0 Å². The highest BCUT2D eigenvalue weighted by molar-refractivity contribution is 5.96. The van der Waals surface area contributed by atoms with Crippen LogP contribution in [0, 0.1) is 0 Å². The summed E-state index contributed by atoms with van der Waals surface area (Å²) >= 11 is 0. The number of rotatable bonds is 4. The molecule has 0 heterocycles. The molecule has 0 aromatic heterocycles. The third-order valence-electron chi connectivity index (χ3n) is 3.97. The van der Waals surface area contributed by atoms with E-state index in [1.165, 1.54) is 0 Å². The van der Waals surface area contributed by atoms with Crippen molar-refractivity contribution >= 4 is 11.8 Å². The van der Waals surface area contributed by atoms with Crippen LogP contribution >= 0.6 is 0 Å². The van der Waals surface area contributed by atoms with E-state index in [0.717, 1.165) is 11.1 Å². The number of carbonyl (C=O) groups excluding carboxylic acids is 2. The van der Waals surface area contributed by atoms with Crippen LogP contribution in [0.15, 0.2) is 54.6 Å². The monoisotopic (exact) mass is 310 g/mol. The molecule has 0 saturated heterocycles. The molecule has 2 amide bonds. The molecule has 0 saturated carbocycles. The van der Waals surface area contributed by atoms with Crippen molar-refractivity contribution in [1.82, 2.24) is 10.6 Å². The van der Waals surface area contributed by atoms with Gasteiger partial charge in [0.05, 0.1) is 18.7 Å². The van der Waals surface area contributed by atoms with Gasteiger partial charge in [0, 0.05) is 12.0 Å². The highest BCUT2D eigenvalue weighted by Crippen LogP contribution is 2.30. The Labute approximate surface area is 134 Å². The first-order valence-corrected chi connectivity index (χ1v) is 7.53. The number of aliphatic hydroxyl groups excluding tert-OH is 1. The summed E-state index contributed by atoms with van der Waals surface area (Å²) in [4.78, 5) is 24.0. The van der Waals surface area contributed by atoms with Gasteiger partial charge in [-0.1, -0.05) is 42.5 Å². The van der Waals surface area contributed by atoms with Gasteiger partial charge in [0.15, 0.2) is 0 Å². The minimum absolute atomic E-state index is 0.126. The lowest BCUT2D eigenvalue weighted by molar-refractivity contribution is -0.121. The Balaban J connectivity index is 1.57. The van der Waals surface area contributed by atoms with Gasteiger partial charge in [0.25, 0.3) is 5.91 Å². The van der Waals surface area contributed by atoms with Crippen LogP contribution in [0.1, 0.15) is 27.5 Å². The van der Waals surface area contributed by atoms with Crippen molar-refractivity contribution in [1.29, 1.82) is 0 Å². The SMILES string of the molecule is O=C(CNC(=O)c1ccccc1)NC1c2ccccc2CC1O. The second-order valence-electron chi connectivity index (χ2n) is 5.56. The van der Waals surface area contributed by atoms with Crippen LogP contribution in [-0.2, 0) is 11.2 Å². The molecular weight excluding hydrogens is 292 g/mol. The topological polar surface area (TPSA) is 78.4 Å². The predicted molar refractivity (Wildman–Crippen MR) is 85.8 cm³/mol. The zero-order valence-corrected chi connectivity index (χ0v) is 12.5. The Kier molecular flexibility index (Phi) is 4.39. The minimum atomic E-state index is -0.638. The summed E-state index contributed by atoms with van der Waals surface area (Å²) in [5.74, 6) is -0.622. The lowest BCUT2D eigenvalue weighted by atomic mass is 10.1. The quantitative estimate of drug-likeness (QED) is 0.794. The number of hydrogen-bond acceptors (Lipinski definition) is 3. The fraction of sp³-hybridized carbons (Fsp3) is 0.222. The Morgan fingerprint density at radius 2 is 1.74 bits per heavy atom. The summed E-state index contributed by atoms with van der Waals surface area (Å²) < 4.78 is 0. The van der Waals surface area contributed by atoms with E-state index in [2.05, 4.69) is 10.6 Å². The summed E-state index contributed by atoms with van der Waals surface area (Å²) in [6.07, 6.45) is -0.113. The maximum Gasteiger partial charge on any atom is 0.251 e. The zero-order chi connectivity index (χ0) is 16.2. The van der Waals surface area contributed by atoms with E-state index < -0.39 is 12.1 Å². The standard InChI is InChI=1S/C18H18N2O3/c21-15-10-13-8-4-5-9-14(13)17(15)20-16(22)11-19-18(23)12-6-2-1-3-7-12/h1-9,15,17,21H,10-11H2,(H,19,23)(H,20,22). The van der Waals surface area contributed by atoms with Crippen LogP contribution in [-0.4, -0.2) is 29.6 Å². The van der Waals surface area contributed by atoms with Gasteiger partial charge in [-0.3, -0.25) is 9.59 Å². The summed E-state index contributed by atoms with van der Waals surface area (Å²) in [5.41, 5.74) is 2.48. The lowest BCUT2D eigenvalue weighted by Gasteiger charge is -2.18. The first-order valence-electron chi connectivity index (χ1n) is 7.53. The second kappa shape index (κ2) is 6.62. The number of carbonyl (C=O) groups is 2. The molecule has 2 atom stereocenters. The first-order chi connectivity index (χ1) is 11.1. The van der Waals surface area contributed by atoms with E-state index in [0.29, 0.717) is 12.0 Å². The van der Waals surface area contributed by atoms with Gasteiger partial charge in [0.1, 0.15) is 0 Å². The smallest absolute Gasteiger partial charge is 0.251 e. The largest absolute Gasteiger partial charge is 0.390 e. The van der Waals surface area contributed by atoms with E-state index in [4.69, 9.17) is 0 Å². The molecule has 0 fully saturated rings. The summed E-state index contributed by atoms with van der Waals surface area (Å²) in [7, 11) is 0. The molecule has 3 N–H and O–H groups in total.